The third-order valence-corrected chi connectivity index (χ3v) is 18.1. The quantitative estimate of drug-likeness (QED) is 0.0650. The molecular weight excluding hydrogens is 953 g/mol. The van der Waals surface area contributed by atoms with Crippen LogP contribution in [0.3, 0.4) is 0 Å². The molecule has 6 fully saturated rings. The number of piperidine rings is 1. The van der Waals surface area contributed by atoms with Crippen molar-refractivity contribution in [2.24, 2.45) is 11.3 Å². The Kier molecular flexibility index (Phi) is 12.5. The van der Waals surface area contributed by atoms with Crippen LogP contribution in [0.1, 0.15) is 99.5 Å². The molecule has 6 heterocycles. The molecule has 18 nitrogen and oxygen atoms in total. The monoisotopic (exact) mass is 1020 g/mol. The van der Waals surface area contributed by atoms with E-state index >= 15 is 0 Å². The fourth-order valence-electron chi connectivity index (χ4n) is 12.4. The Balaban J connectivity index is 0.809. The van der Waals surface area contributed by atoms with Crippen LogP contribution in [0.5, 0.6) is 11.6 Å². The van der Waals surface area contributed by atoms with Crippen molar-refractivity contribution in [3.8, 4) is 11.6 Å². The first-order chi connectivity index (χ1) is 35.3. The zero-order valence-electron chi connectivity index (χ0n) is 41.2. The zero-order valence-corrected chi connectivity index (χ0v) is 42.0. The Labute approximate surface area is 424 Å². The molecule has 3 aromatic carbocycles. The second-order valence-corrected chi connectivity index (χ2v) is 23.5. The smallest absolute Gasteiger partial charge is 0.293 e. The van der Waals surface area contributed by atoms with E-state index < -0.39 is 43.1 Å². The van der Waals surface area contributed by atoms with Crippen LogP contribution in [0, 0.1) is 21.4 Å². The number of hydrogen-bond acceptors (Lipinski definition) is 15. The Morgan fingerprint density at radius 3 is 2.52 bits per heavy atom. The van der Waals surface area contributed by atoms with Gasteiger partial charge < -0.3 is 44.2 Å². The number of pyridine rings is 1. The third-order valence-electron chi connectivity index (χ3n) is 16.8. The number of morpholine rings is 1. The molecule has 7 aliphatic rings. The summed E-state index contributed by atoms with van der Waals surface area (Å²) in [5, 5.41) is 26.8. The number of H-pyrrole nitrogens is 1. The summed E-state index contributed by atoms with van der Waals surface area (Å²) in [6.07, 6.45) is 11.5. The number of aromatic amines is 1. The van der Waals surface area contributed by atoms with Gasteiger partial charge in [0.1, 0.15) is 28.9 Å². The van der Waals surface area contributed by atoms with E-state index in [1.165, 1.54) is 17.7 Å². The summed E-state index contributed by atoms with van der Waals surface area (Å²) in [5.74, 6) is 0.657. The van der Waals surface area contributed by atoms with Crippen LogP contribution < -0.4 is 29.3 Å². The van der Waals surface area contributed by atoms with Gasteiger partial charge in [0.25, 0.3) is 21.6 Å². The molecule has 12 rings (SSSR count). The summed E-state index contributed by atoms with van der Waals surface area (Å²) in [7, 11) is -4.62. The van der Waals surface area contributed by atoms with Gasteiger partial charge in [-0.05, 0) is 137 Å². The van der Waals surface area contributed by atoms with Gasteiger partial charge in [0, 0.05) is 67.7 Å². The summed E-state index contributed by atoms with van der Waals surface area (Å²) in [4.78, 5) is 41.2. The minimum absolute atomic E-state index is 0.110. The molecule has 19 heteroatoms. The molecule has 4 aliphatic heterocycles. The predicted octanol–water partition coefficient (Wildman–Crippen LogP) is 7.99. The van der Waals surface area contributed by atoms with Gasteiger partial charge in [-0.2, -0.15) is 4.98 Å². The molecular formula is C54H64N8O10S. The largest absolute Gasteiger partial charge is 0.490 e. The van der Waals surface area contributed by atoms with Crippen molar-refractivity contribution in [2.45, 2.75) is 118 Å². The molecule has 73 heavy (non-hydrogen) atoms. The van der Waals surface area contributed by atoms with E-state index in [-0.39, 0.29) is 34.7 Å². The van der Waals surface area contributed by atoms with E-state index in [4.69, 9.17) is 23.9 Å². The highest BCUT2D eigenvalue weighted by Crippen LogP contribution is 2.54. The molecule has 1 spiro atoms. The molecule has 2 aromatic heterocycles. The number of nitro groups is 1. The van der Waals surface area contributed by atoms with Crippen LogP contribution in [0.25, 0.3) is 11.0 Å². The highest BCUT2D eigenvalue weighted by Gasteiger charge is 2.50. The van der Waals surface area contributed by atoms with Crippen molar-refractivity contribution >= 4 is 55.4 Å². The lowest BCUT2D eigenvalue weighted by Crippen LogP contribution is -2.57. The van der Waals surface area contributed by atoms with Gasteiger partial charge in [-0.15, -0.1) is 0 Å². The lowest BCUT2D eigenvalue weighted by atomic mass is 9.59. The number of para-hydroxylation sites is 1. The van der Waals surface area contributed by atoms with Crippen molar-refractivity contribution in [1.29, 1.82) is 0 Å². The maximum atomic E-state index is 14.7. The van der Waals surface area contributed by atoms with Crippen LogP contribution in [0.4, 0.5) is 28.4 Å². The molecule has 0 radical (unpaired) electrons. The number of sulfonamides is 1. The average Bonchev–Trinajstić information content (AvgIpc) is 4.09. The zero-order chi connectivity index (χ0) is 50.1. The standard InChI is InChI=1S/C54H64N8O10S/c1-53(64)16-12-34(13-17-53)31-56-42-11-9-39(28-45(42)62(65)66)73(67,68)58-51(63)41-10-6-36(27-44(41)61-43-15-24-69-33-49(43)72-52-46(61)26-35-14-20-55-50(35)57-52)59-21-18-54(19-22-59)29-37(30-54)60-23-25-70-32-47(60)40-4-2-3-5-48(40)71-38-7-8-38/h2-6,9-11,14,20,26-28,34,37-38,43,47,49,56,64H,7-8,12-13,15-19,21-25,29-33H2,1H3,(H,55,57)(H,58,63)/t34?,43-,47-,49-,53?/m0/s1. The van der Waals surface area contributed by atoms with Crippen molar-refractivity contribution in [3.05, 3.63) is 100 Å². The van der Waals surface area contributed by atoms with E-state index in [9.17, 15) is 28.4 Å². The van der Waals surface area contributed by atoms with Crippen molar-refractivity contribution in [3.63, 3.8) is 0 Å². The topological polar surface area (TPSA) is 214 Å². The number of fused-ring (bicyclic) bond motifs is 3. The molecule has 4 N–H and O–H groups in total. The van der Waals surface area contributed by atoms with Gasteiger partial charge in [0.05, 0.1) is 64.7 Å². The molecule has 0 bridgehead atoms. The maximum Gasteiger partial charge on any atom is 0.293 e. The van der Waals surface area contributed by atoms with Crippen LogP contribution in [-0.2, 0) is 19.5 Å². The SMILES string of the molecule is CC1(O)CCC(CNc2ccc(S(=O)(=O)NC(=O)c3ccc(N4CCC5(CC4)CC(N4CCOC[C@H]4c4ccccc4OC4CC4)C5)cc3N3c4cc5cc[nH]c5nc4O[C@H]4COCC[C@@H]43)cc2[N+](=O)[O-])CC1. The van der Waals surface area contributed by atoms with Crippen LogP contribution >= 0.6 is 0 Å². The predicted molar refractivity (Wildman–Crippen MR) is 274 cm³/mol. The fourth-order valence-corrected chi connectivity index (χ4v) is 13.4. The molecule has 5 aromatic rings. The first kappa shape index (κ1) is 48.0. The number of nitrogens with one attached hydrogen (secondary N) is 3. The minimum atomic E-state index is -4.62. The Hall–Kier alpha value is -5.99. The van der Waals surface area contributed by atoms with Gasteiger partial charge in [0.2, 0.25) is 5.88 Å². The number of hydrogen-bond donors (Lipinski definition) is 4. The number of nitrogens with zero attached hydrogens (tertiary/aromatic N) is 5. The first-order valence-electron chi connectivity index (χ1n) is 26.1. The number of ether oxygens (including phenoxy) is 4. The number of anilines is 4. The van der Waals surface area contributed by atoms with Crippen molar-refractivity contribution in [1.82, 2.24) is 19.6 Å². The number of amides is 1. The van der Waals surface area contributed by atoms with Gasteiger partial charge in [-0.1, -0.05) is 18.2 Å². The third kappa shape index (κ3) is 9.58. The summed E-state index contributed by atoms with van der Waals surface area (Å²) >= 11 is 0. The second-order valence-electron chi connectivity index (χ2n) is 21.8. The van der Waals surface area contributed by atoms with Gasteiger partial charge in [0.15, 0.2) is 0 Å². The van der Waals surface area contributed by atoms with Crippen molar-refractivity contribution in [2.75, 3.05) is 67.7 Å². The lowest BCUT2D eigenvalue weighted by molar-refractivity contribution is -0.384. The highest BCUT2D eigenvalue weighted by molar-refractivity contribution is 7.90. The number of nitro benzene ring substituents is 1. The number of aromatic nitrogens is 2. The second kappa shape index (κ2) is 19.1. The summed E-state index contributed by atoms with van der Waals surface area (Å²) in [5.41, 5.74) is 3.26. The molecule has 3 saturated carbocycles. The molecule has 386 valence electrons. The van der Waals surface area contributed by atoms with E-state index in [0.717, 1.165) is 100 Å². The fraction of sp³-hybridized carbons (Fsp3) is 0.519. The van der Waals surface area contributed by atoms with E-state index in [1.54, 1.807) is 12.3 Å². The number of carbonyl (C=O) groups excluding carboxylic acids is 1. The molecule has 0 unspecified atom stereocenters. The maximum absolute atomic E-state index is 14.7. The molecule has 1 amide bonds. The lowest BCUT2D eigenvalue weighted by Gasteiger charge is -2.57. The Morgan fingerprint density at radius 1 is 0.932 bits per heavy atom. The average molecular weight is 1020 g/mol. The van der Waals surface area contributed by atoms with Gasteiger partial charge >= 0.3 is 0 Å². The van der Waals surface area contributed by atoms with Crippen LogP contribution in [0.2, 0.25) is 0 Å². The first-order valence-corrected chi connectivity index (χ1v) is 27.6. The summed E-state index contributed by atoms with van der Waals surface area (Å²) in [6, 6.07) is 21.9. The number of carbonyl (C=O) groups is 1. The Morgan fingerprint density at radius 2 is 1.73 bits per heavy atom. The van der Waals surface area contributed by atoms with E-state index in [2.05, 4.69) is 54.0 Å². The molecule has 3 saturated heterocycles. The molecule has 3 aliphatic carbocycles. The van der Waals surface area contributed by atoms with Crippen LogP contribution in [0.15, 0.2) is 83.9 Å². The number of rotatable bonds is 13. The minimum Gasteiger partial charge on any atom is -0.490 e. The Bertz CT molecular complexity index is 3010. The van der Waals surface area contributed by atoms with Gasteiger partial charge in [-0.3, -0.25) is 19.8 Å². The van der Waals surface area contributed by atoms with E-state index in [1.807, 2.05) is 31.2 Å². The summed E-state index contributed by atoms with van der Waals surface area (Å²) < 4.78 is 55.5. The molecule has 3 atom stereocenters. The van der Waals surface area contributed by atoms with Crippen molar-refractivity contribution < 1.29 is 42.2 Å². The number of benzene rings is 3. The van der Waals surface area contributed by atoms with Gasteiger partial charge in [-0.25, -0.2) is 13.1 Å². The van der Waals surface area contributed by atoms with E-state index in [0.29, 0.717) is 80.7 Å². The number of aliphatic hydroxyl groups is 1. The van der Waals surface area contributed by atoms with Crippen LogP contribution in [-0.4, -0.2) is 122 Å². The highest BCUT2D eigenvalue weighted by atomic mass is 32.2. The normalized spacial score (nSPS) is 26.3. The summed E-state index contributed by atoms with van der Waals surface area (Å²) in [6.45, 7) is 6.90.